The van der Waals surface area contributed by atoms with Crippen LogP contribution in [0.25, 0.3) is 0 Å². The number of methoxy groups -OCH3 is 1. The van der Waals surface area contributed by atoms with E-state index in [-0.39, 0.29) is 6.04 Å². The summed E-state index contributed by atoms with van der Waals surface area (Å²) in [5, 5.41) is 0. The number of aryl methyl sites for hydroxylation is 1. The van der Waals surface area contributed by atoms with E-state index in [2.05, 4.69) is 39.8 Å². The summed E-state index contributed by atoms with van der Waals surface area (Å²) in [5.41, 5.74) is 9.96. The second-order valence-electron chi connectivity index (χ2n) is 5.05. The average molecular weight is 235 g/mol. The molecule has 0 fully saturated rings. The van der Waals surface area contributed by atoms with E-state index < -0.39 is 0 Å². The minimum absolute atomic E-state index is 0.214. The van der Waals surface area contributed by atoms with E-state index in [1.165, 1.54) is 16.7 Å². The zero-order valence-electron chi connectivity index (χ0n) is 11.7. The van der Waals surface area contributed by atoms with Crippen molar-refractivity contribution in [3.63, 3.8) is 0 Å². The van der Waals surface area contributed by atoms with Crippen molar-refractivity contribution in [2.24, 2.45) is 5.73 Å². The molecule has 0 aliphatic heterocycles. The third-order valence-electron chi connectivity index (χ3n) is 3.30. The van der Waals surface area contributed by atoms with Gasteiger partial charge in [-0.2, -0.15) is 0 Å². The molecule has 0 saturated carbocycles. The minimum atomic E-state index is 0.214. The number of hydrogen-bond donors (Lipinski definition) is 1. The van der Waals surface area contributed by atoms with E-state index in [1.807, 2.05) is 0 Å². The molecule has 1 aromatic rings. The van der Waals surface area contributed by atoms with Crippen LogP contribution in [0.3, 0.4) is 0 Å². The summed E-state index contributed by atoms with van der Waals surface area (Å²) in [4.78, 5) is 0. The predicted molar refractivity (Wildman–Crippen MR) is 73.8 cm³/mol. The molecule has 0 radical (unpaired) electrons. The third kappa shape index (κ3) is 3.47. The van der Waals surface area contributed by atoms with Gasteiger partial charge in [0.2, 0.25) is 0 Å². The summed E-state index contributed by atoms with van der Waals surface area (Å²) in [6.45, 7) is 8.70. The van der Waals surface area contributed by atoms with Gasteiger partial charge in [-0.3, -0.25) is 0 Å². The summed E-state index contributed by atoms with van der Waals surface area (Å²) in [6.07, 6.45) is 1.88. The first-order chi connectivity index (χ1) is 7.99. The molecule has 0 aliphatic rings. The van der Waals surface area contributed by atoms with Crippen LogP contribution < -0.4 is 10.5 Å². The van der Waals surface area contributed by atoms with Crippen LogP contribution in [-0.2, 0) is 6.42 Å². The lowest BCUT2D eigenvalue weighted by Crippen LogP contribution is -2.21. The minimum Gasteiger partial charge on any atom is -0.496 e. The van der Waals surface area contributed by atoms with Crippen LogP contribution in [0.1, 0.15) is 49.8 Å². The summed E-state index contributed by atoms with van der Waals surface area (Å²) >= 11 is 0. The lowest BCUT2D eigenvalue weighted by atomic mass is 9.92. The van der Waals surface area contributed by atoms with Gasteiger partial charge in [-0.25, -0.2) is 0 Å². The Bertz CT molecular complexity index is 371. The van der Waals surface area contributed by atoms with Crippen molar-refractivity contribution in [1.82, 2.24) is 0 Å². The van der Waals surface area contributed by atoms with Crippen LogP contribution in [0.2, 0.25) is 0 Å². The Morgan fingerprint density at radius 2 is 1.94 bits per heavy atom. The maximum absolute atomic E-state index is 6.04. The first-order valence-electron chi connectivity index (χ1n) is 6.42. The highest BCUT2D eigenvalue weighted by Crippen LogP contribution is 2.28. The topological polar surface area (TPSA) is 35.2 Å². The Balaban J connectivity index is 3.12. The van der Waals surface area contributed by atoms with Crippen molar-refractivity contribution in [2.45, 2.75) is 52.5 Å². The Morgan fingerprint density at radius 3 is 2.41 bits per heavy atom. The van der Waals surface area contributed by atoms with Gasteiger partial charge >= 0.3 is 0 Å². The molecule has 2 nitrogen and oxygen atoms in total. The lowest BCUT2D eigenvalue weighted by molar-refractivity contribution is 0.407. The average Bonchev–Trinajstić information content (AvgIpc) is 2.30. The maximum Gasteiger partial charge on any atom is 0.122 e. The normalized spacial score (nSPS) is 12.9. The van der Waals surface area contributed by atoms with Crippen molar-refractivity contribution in [2.75, 3.05) is 7.11 Å². The van der Waals surface area contributed by atoms with Crippen molar-refractivity contribution in [3.05, 3.63) is 28.8 Å². The summed E-state index contributed by atoms with van der Waals surface area (Å²) in [5.74, 6) is 1.51. The highest BCUT2D eigenvalue weighted by molar-refractivity contribution is 5.43. The molecular weight excluding hydrogens is 210 g/mol. The standard InChI is InChI=1S/C15H25NO/c1-6-13(16)8-12-9-14(10(2)3)11(4)7-15(12)17-5/h7,9-10,13H,6,8,16H2,1-5H3. The number of nitrogens with two attached hydrogens (primary N) is 1. The molecule has 2 N–H and O–H groups in total. The van der Waals surface area contributed by atoms with Gasteiger partial charge in [0.1, 0.15) is 5.75 Å². The zero-order valence-corrected chi connectivity index (χ0v) is 11.7. The zero-order chi connectivity index (χ0) is 13.0. The quantitative estimate of drug-likeness (QED) is 0.849. The smallest absolute Gasteiger partial charge is 0.122 e. The van der Waals surface area contributed by atoms with Crippen LogP contribution in [0.5, 0.6) is 5.75 Å². The fraction of sp³-hybridized carbons (Fsp3) is 0.600. The highest BCUT2D eigenvalue weighted by Gasteiger charge is 2.12. The largest absolute Gasteiger partial charge is 0.496 e. The number of ether oxygens (including phenoxy) is 1. The molecule has 0 heterocycles. The molecular formula is C15H25NO. The third-order valence-corrected chi connectivity index (χ3v) is 3.30. The molecule has 0 spiro atoms. The van der Waals surface area contributed by atoms with Gasteiger partial charge in [0.25, 0.3) is 0 Å². The Morgan fingerprint density at radius 1 is 1.29 bits per heavy atom. The molecule has 0 bridgehead atoms. The molecule has 1 aromatic carbocycles. The van der Waals surface area contributed by atoms with E-state index in [9.17, 15) is 0 Å². The number of rotatable bonds is 5. The Kier molecular flexibility index (Phi) is 5.01. The molecule has 0 aromatic heterocycles. The van der Waals surface area contributed by atoms with Crippen molar-refractivity contribution in [1.29, 1.82) is 0 Å². The first-order valence-corrected chi connectivity index (χ1v) is 6.42. The van der Waals surface area contributed by atoms with Gasteiger partial charge in [0.15, 0.2) is 0 Å². The van der Waals surface area contributed by atoms with Crippen LogP contribution in [0.4, 0.5) is 0 Å². The van der Waals surface area contributed by atoms with Gasteiger partial charge in [-0.1, -0.05) is 26.8 Å². The van der Waals surface area contributed by atoms with E-state index in [0.29, 0.717) is 5.92 Å². The van der Waals surface area contributed by atoms with Crippen molar-refractivity contribution < 1.29 is 4.74 Å². The van der Waals surface area contributed by atoms with E-state index in [0.717, 1.165) is 18.6 Å². The van der Waals surface area contributed by atoms with Crippen LogP contribution in [-0.4, -0.2) is 13.2 Å². The van der Waals surface area contributed by atoms with Crippen LogP contribution in [0, 0.1) is 6.92 Å². The molecule has 0 saturated heterocycles. The summed E-state index contributed by atoms with van der Waals surface area (Å²) in [7, 11) is 1.73. The fourth-order valence-electron chi connectivity index (χ4n) is 2.14. The van der Waals surface area contributed by atoms with E-state index >= 15 is 0 Å². The Labute approximate surface area is 105 Å². The molecule has 1 rings (SSSR count). The van der Waals surface area contributed by atoms with Gasteiger partial charge < -0.3 is 10.5 Å². The monoisotopic (exact) mass is 235 g/mol. The molecule has 0 aliphatic carbocycles. The number of hydrogen-bond acceptors (Lipinski definition) is 2. The SMILES string of the molecule is CCC(N)Cc1cc(C(C)C)c(C)cc1OC. The Hall–Kier alpha value is -1.02. The molecule has 1 unspecified atom stereocenters. The maximum atomic E-state index is 6.04. The van der Waals surface area contributed by atoms with Crippen LogP contribution in [0.15, 0.2) is 12.1 Å². The predicted octanol–water partition coefficient (Wildman–Crippen LogP) is 3.41. The summed E-state index contributed by atoms with van der Waals surface area (Å²) in [6, 6.07) is 4.60. The van der Waals surface area contributed by atoms with E-state index in [1.54, 1.807) is 7.11 Å². The van der Waals surface area contributed by atoms with E-state index in [4.69, 9.17) is 10.5 Å². The second kappa shape index (κ2) is 6.06. The molecule has 17 heavy (non-hydrogen) atoms. The van der Waals surface area contributed by atoms with Gasteiger partial charge in [0, 0.05) is 6.04 Å². The van der Waals surface area contributed by atoms with Gasteiger partial charge in [-0.15, -0.1) is 0 Å². The highest BCUT2D eigenvalue weighted by atomic mass is 16.5. The second-order valence-corrected chi connectivity index (χ2v) is 5.05. The molecule has 0 amide bonds. The van der Waals surface area contributed by atoms with Crippen molar-refractivity contribution >= 4 is 0 Å². The van der Waals surface area contributed by atoms with Gasteiger partial charge in [-0.05, 0) is 48.4 Å². The lowest BCUT2D eigenvalue weighted by Gasteiger charge is -2.18. The fourth-order valence-corrected chi connectivity index (χ4v) is 2.14. The van der Waals surface area contributed by atoms with Crippen molar-refractivity contribution in [3.8, 4) is 5.75 Å². The molecule has 1 atom stereocenters. The molecule has 2 heteroatoms. The first kappa shape index (κ1) is 14.0. The number of benzene rings is 1. The van der Waals surface area contributed by atoms with Crippen LogP contribution >= 0.6 is 0 Å². The van der Waals surface area contributed by atoms with Gasteiger partial charge in [0.05, 0.1) is 7.11 Å². The molecule has 96 valence electrons. The summed E-state index contributed by atoms with van der Waals surface area (Å²) < 4.78 is 5.45.